The third kappa shape index (κ3) is 1.87. The Morgan fingerprint density at radius 3 is 2.54 bits per heavy atom. The summed E-state index contributed by atoms with van der Waals surface area (Å²) in [7, 11) is 0. The fourth-order valence-corrected chi connectivity index (χ4v) is 2.91. The van der Waals surface area contributed by atoms with Gasteiger partial charge in [0, 0.05) is 13.1 Å². The number of likely N-dealkylation sites (tertiary alicyclic amines) is 1. The molecule has 1 aliphatic heterocycles. The lowest BCUT2D eigenvalue weighted by molar-refractivity contribution is 0.129. The van der Waals surface area contributed by atoms with Crippen LogP contribution in [0.3, 0.4) is 0 Å². The van der Waals surface area contributed by atoms with Gasteiger partial charge in [0.1, 0.15) is 0 Å². The predicted octanol–water partition coefficient (Wildman–Crippen LogP) is 2.50. The number of fused-ring (bicyclic) bond motifs is 1. The van der Waals surface area contributed by atoms with Crippen LogP contribution in [0.1, 0.15) is 39.0 Å². The number of piperidine rings is 1. The molecule has 2 heteroatoms. The zero-order valence-corrected chi connectivity index (χ0v) is 8.55. The summed E-state index contributed by atoms with van der Waals surface area (Å²) in [5.41, 5.74) is 0. The molecule has 0 spiro atoms. The number of hydrogen-bond donors (Lipinski definition) is 1. The molecule has 1 saturated carbocycles. The minimum Gasteiger partial charge on any atom is -0.360 e. The summed E-state index contributed by atoms with van der Waals surface area (Å²) in [6, 6.07) is 0. The van der Waals surface area contributed by atoms with Crippen molar-refractivity contribution in [2.75, 3.05) is 13.1 Å². The van der Waals surface area contributed by atoms with Gasteiger partial charge in [0.25, 0.3) is 0 Å². The van der Waals surface area contributed by atoms with Crippen molar-refractivity contribution < 1.29 is 0 Å². The number of nitrogens with one attached hydrogen (secondary N) is 1. The van der Waals surface area contributed by atoms with Gasteiger partial charge in [-0.1, -0.05) is 19.3 Å². The maximum absolute atomic E-state index is 7.62. The highest BCUT2D eigenvalue weighted by atomic mass is 15.2. The van der Waals surface area contributed by atoms with E-state index < -0.39 is 0 Å². The average molecular weight is 180 g/mol. The van der Waals surface area contributed by atoms with Crippen molar-refractivity contribution in [3.63, 3.8) is 0 Å². The maximum atomic E-state index is 7.62. The number of hydrogen-bond acceptors (Lipinski definition) is 1. The second-order valence-corrected chi connectivity index (χ2v) is 4.62. The van der Waals surface area contributed by atoms with Crippen LogP contribution in [0.2, 0.25) is 0 Å². The van der Waals surface area contributed by atoms with E-state index in [2.05, 4.69) is 4.90 Å². The minimum absolute atomic E-state index is 0.768. The second kappa shape index (κ2) is 3.69. The van der Waals surface area contributed by atoms with Crippen LogP contribution < -0.4 is 0 Å². The summed E-state index contributed by atoms with van der Waals surface area (Å²) < 4.78 is 0. The lowest BCUT2D eigenvalue weighted by Gasteiger charge is -2.41. The van der Waals surface area contributed by atoms with Crippen LogP contribution >= 0.6 is 0 Å². The molecule has 2 rings (SSSR count). The smallest absolute Gasteiger partial charge is 0.0925 e. The SMILES string of the molecule is CC(=N)N1CCC2CCCCC2C1. The van der Waals surface area contributed by atoms with Gasteiger partial charge < -0.3 is 4.90 Å². The molecule has 0 bridgehead atoms. The van der Waals surface area contributed by atoms with Gasteiger partial charge in [-0.2, -0.15) is 0 Å². The molecule has 13 heavy (non-hydrogen) atoms. The number of nitrogens with zero attached hydrogens (tertiary/aromatic N) is 1. The fourth-order valence-electron chi connectivity index (χ4n) is 2.91. The minimum atomic E-state index is 0.768. The monoisotopic (exact) mass is 180 g/mol. The molecule has 2 fully saturated rings. The van der Waals surface area contributed by atoms with Gasteiger partial charge in [0.05, 0.1) is 5.84 Å². The zero-order valence-electron chi connectivity index (χ0n) is 8.55. The van der Waals surface area contributed by atoms with Crippen LogP contribution in [-0.4, -0.2) is 23.8 Å². The molecule has 1 saturated heterocycles. The highest BCUT2D eigenvalue weighted by Crippen LogP contribution is 2.35. The first-order chi connectivity index (χ1) is 6.27. The van der Waals surface area contributed by atoms with E-state index in [1.165, 1.54) is 38.6 Å². The van der Waals surface area contributed by atoms with Gasteiger partial charge in [-0.3, -0.25) is 5.41 Å². The summed E-state index contributed by atoms with van der Waals surface area (Å²) in [5.74, 6) is 2.66. The molecule has 1 aliphatic carbocycles. The summed E-state index contributed by atoms with van der Waals surface area (Å²) in [4.78, 5) is 2.26. The molecule has 0 amide bonds. The van der Waals surface area contributed by atoms with Crippen molar-refractivity contribution in [1.29, 1.82) is 5.41 Å². The van der Waals surface area contributed by atoms with Crippen molar-refractivity contribution >= 4 is 5.84 Å². The Kier molecular flexibility index (Phi) is 2.56. The molecule has 1 heterocycles. The molecular weight excluding hydrogens is 160 g/mol. The Morgan fingerprint density at radius 2 is 1.85 bits per heavy atom. The van der Waals surface area contributed by atoms with Crippen LogP contribution in [0.4, 0.5) is 0 Å². The van der Waals surface area contributed by atoms with Crippen LogP contribution in [0.15, 0.2) is 0 Å². The first kappa shape index (κ1) is 9.04. The first-order valence-electron chi connectivity index (χ1n) is 5.57. The van der Waals surface area contributed by atoms with Gasteiger partial charge in [-0.15, -0.1) is 0 Å². The summed E-state index contributed by atoms with van der Waals surface area (Å²) in [5, 5.41) is 7.62. The third-order valence-corrected chi connectivity index (χ3v) is 3.77. The van der Waals surface area contributed by atoms with Crippen molar-refractivity contribution in [2.45, 2.75) is 39.0 Å². The van der Waals surface area contributed by atoms with Gasteiger partial charge in [0.2, 0.25) is 0 Å². The number of amidine groups is 1. The molecule has 2 aliphatic rings. The van der Waals surface area contributed by atoms with Gasteiger partial charge in [0.15, 0.2) is 0 Å². The lowest BCUT2D eigenvalue weighted by atomic mass is 9.75. The maximum Gasteiger partial charge on any atom is 0.0925 e. The van der Waals surface area contributed by atoms with Crippen LogP contribution in [0.5, 0.6) is 0 Å². The van der Waals surface area contributed by atoms with E-state index in [1.807, 2.05) is 6.92 Å². The highest BCUT2D eigenvalue weighted by Gasteiger charge is 2.30. The Morgan fingerprint density at radius 1 is 1.15 bits per heavy atom. The van der Waals surface area contributed by atoms with E-state index in [0.717, 1.165) is 24.2 Å². The van der Waals surface area contributed by atoms with E-state index >= 15 is 0 Å². The van der Waals surface area contributed by atoms with Crippen LogP contribution in [0, 0.1) is 17.2 Å². The second-order valence-electron chi connectivity index (χ2n) is 4.62. The average Bonchev–Trinajstić information content (AvgIpc) is 2.17. The van der Waals surface area contributed by atoms with E-state index in [4.69, 9.17) is 5.41 Å². The van der Waals surface area contributed by atoms with E-state index in [-0.39, 0.29) is 0 Å². The largest absolute Gasteiger partial charge is 0.360 e. The Hall–Kier alpha value is -0.530. The van der Waals surface area contributed by atoms with Crippen molar-refractivity contribution in [3.8, 4) is 0 Å². The van der Waals surface area contributed by atoms with Crippen LogP contribution in [0.25, 0.3) is 0 Å². The van der Waals surface area contributed by atoms with Gasteiger partial charge >= 0.3 is 0 Å². The highest BCUT2D eigenvalue weighted by molar-refractivity contribution is 5.76. The van der Waals surface area contributed by atoms with E-state index in [9.17, 15) is 0 Å². The number of rotatable bonds is 0. The first-order valence-corrected chi connectivity index (χ1v) is 5.57. The summed E-state index contributed by atoms with van der Waals surface area (Å²) >= 11 is 0. The van der Waals surface area contributed by atoms with Crippen molar-refractivity contribution in [1.82, 2.24) is 4.90 Å². The van der Waals surface area contributed by atoms with Crippen LogP contribution in [-0.2, 0) is 0 Å². The van der Waals surface area contributed by atoms with E-state index in [0.29, 0.717) is 0 Å². The molecule has 0 aromatic heterocycles. The Bertz CT molecular complexity index is 200. The molecule has 0 radical (unpaired) electrons. The molecular formula is C11H20N2. The molecule has 2 unspecified atom stereocenters. The Labute approximate surface area is 80.8 Å². The molecule has 0 aromatic rings. The predicted molar refractivity (Wildman–Crippen MR) is 55.0 cm³/mol. The molecule has 74 valence electrons. The molecule has 0 aromatic carbocycles. The van der Waals surface area contributed by atoms with Crippen molar-refractivity contribution in [3.05, 3.63) is 0 Å². The van der Waals surface area contributed by atoms with E-state index in [1.54, 1.807) is 0 Å². The summed E-state index contributed by atoms with van der Waals surface area (Å²) in [6.07, 6.45) is 7.07. The zero-order chi connectivity index (χ0) is 9.26. The topological polar surface area (TPSA) is 27.1 Å². The molecule has 2 atom stereocenters. The standard InChI is InChI=1S/C11H20N2/c1-9(12)13-7-6-10-4-2-3-5-11(10)8-13/h10-12H,2-8H2,1H3. The van der Waals surface area contributed by atoms with Gasteiger partial charge in [-0.05, 0) is 31.6 Å². The molecule has 2 nitrogen and oxygen atoms in total. The van der Waals surface area contributed by atoms with Crippen molar-refractivity contribution in [2.24, 2.45) is 11.8 Å². The normalized spacial score (nSPS) is 34.1. The fraction of sp³-hybridized carbons (Fsp3) is 0.909. The van der Waals surface area contributed by atoms with Gasteiger partial charge in [-0.25, -0.2) is 0 Å². The molecule has 1 N–H and O–H groups in total. The third-order valence-electron chi connectivity index (χ3n) is 3.77. The lowest BCUT2D eigenvalue weighted by Crippen LogP contribution is -2.43. The Balaban J connectivity index is 1.95. The quantitative estimate of drug-likeness (QED) is 0.450. The summed E-state index contributed by atoms with van der Waals surface area (Å²) in [6.45, 7) is 4.22.